The fraction of sp³-hybridized carbons (Fsp3) is 0.375. The van der Waals surface area contributed by atoms with Gasteiger partial charge in [-0.1, -0.05) is 25.0 Å². The molecule has 1 unspecified atom stereocenters. The van der Waals surface area contributed by atoms with E-state index in [9.17, 15) is 36.7 Å². The van der Waals surface area contributed by atoms with E-state index >= 15 is 0 Å². The third-order valence-electron chi connectivity index (χ3n) is 8.50. The van der Waals surface area contributed by atoms with Crippen molar-refractivity contribution >= 4 is 24.0 Å². The lowest BCUT2D eigenvalue weighted by atomic mass is 9.80. The molecule has 45 heavy (non-hydrogen) atoms. The summed E-state index contributed by atoms with van der Waals surface area (Å²) in [5.74, 6) is -3.76. The van der Waals surface area contributed by atoms with Crippen molar-refractivity contribution in [3.63, 3.8) is 0 Å². The van der Waals surface area contributed by atoms with Gasteiger partial charge in [-0.2, -0.15) is 0 Å². The van der Waals surface area contributed by atoms with Gasteiger partial charge in [0.25, 0.3) is 5.91 Å². The monoisotopic (exact) mass is 625 g/mol. The van der Waals surface area contributed by atoms with Crippen molar-refractivity contribution in [2.24, 2.45) is 5.92 Å². The van der Waals surface area contributed by atoms with Crippen LogP contribution in [0.3, 0.4) is 0 Å². The Hall–Kier alpha value is -4.52. The molecule has 3 aliphatic rings. The number of amides is 3. The third kappa shape index (κ3) is 7.25. The average molecular weight is 626 g/mol. The van der Waals surface area contributed by atoms with Gasteiger partial charge in [-0.3, -0.25) is 34.5 Å². The topological polar surface area (TPSA) is 121 Å². The second kappa shape index (κ2) is 14.1. The van der Waals surface area contributed by atoms with Gasteiger partial charge in [-0.25, -0.2) is 17.6 Å². The summed E-state index contributed by atoms with van der Waals surface area (Å²) >= 11 is 0. The molecule has 13 heteroatoms. The first-order chi connectivity index (χ1) is 21.7. The standard InChI is InChI=1S/C26H28F2N4O3.C6H3F2NO/c27-20-12-29-13-21(28)19(20)11-30-22-4-2-1-3-16(22)9-15-5-6-18-17(10-15)14-32(26(18)35)23-7-8-24(33)31-25(23)34;7-5-1-9-2-6(8)4(5)3-10/h5-6,10,12-13,16,22-23,30H,1-4,7-9,11,14H2,(H,31,33,34);1-3H/t16-,22+,23?;/m1./s1. The molecule has 1 saturated carbocycles. The summed E-state index contributed by atoms with van der Waals surface area (Å²) in [6.07, 6.45) is 9.22. The average Bonchev–Trinajstić information content (AvgIpc) is 3.33. The molecule has 0 bridgehead atoms. The van der Waals surface area contributed by atoms with E-state index in [-0.39, 0.29) is 42.7 Å². The minimum Gasteiger partial charge on any atom is -0.322 e. The van der Waals surface area contributed by atoms with Gasteiger partial charge in [0, 0.05) is 36.7 Å². The van der Waals surface area contributed by atoms with E-state index in [0.717, 1.165) is 68.0 Å². The summed E-state index contributed by atoms with van der Waals surface area (Å²) in [7, 11) is 0. The summed E-state index contributed by atoms with van der Waals surface area (Å²) in [5, 5.41) is 5.69. The predicted octanol–water partition coefficient (Wildman–Crippen LogP) is 4.18. The molecule has 1 aliphatic carbocycles. The Morgan fingerprint density at radius 3 is 2.22 bits per heavy atom. The summed E-state index contributed by atoms with van der Waals surface area (Å²) in [4.78, 5) is 54.9. The normalized spacial score (nSPS) is 21.1. The number of hydrogen-bond donors (Lipinski definition) is 2. The van der Waals surface area contributed by atoms with E-state index in [1.54, 1.807) is 4.90 Å². The number of rotatable bonds is 7. The van der Waals surface area contributed by atoms with Crippen LogP contribution < -0.4 is 10.6 Å². The lowest BCUT2D eigenvalue weighted by Gasteiger charge is -2.33. The van der Waals surface area contributed by atoms with Gasteiger partial charge in [0.05, 0.1) is 30.4 Å². The maximum Gasteiger partial charge on any atom is 0.255 e. The van der Waals surface area contributed by atoms with Crippen molar-refractivity contribution in [1.82, 2.24) is 25.5 Å². The van der Waals surface area contributed by atoms with Crippen LogP contribution in [0, 0.1) is 29.2 Å². The number of benzene rings is 1. The molecule has 0 radical (unpaired) electrons. The number of nitrogens with one attached hydrogen (secondary N) is 2. The Bertz CT molecular complexity index is 1580. The fourth-order valence-corrected chi connectivity index (χ4v) is 6.15. The maximum absolute atomic E-state index is 14.0. The van der Waals surface area contributed by atoms with Crippen molar-refractivity contribution in [1.29, 1.82) is 0 Å². The van der Waals surface area contributed by atoms with Crippen molar-refractivity contribution in [2.75, 3.05) is 0 Å². The molecule has 2 fully saturated rings. The first kappa shape index (κ1) is 31.9. The molecule has 3 atom stereocenters. The summed E-state index contributed by atoms with van der Waals surface area (Å²) in [6, 6.07) is 5.32. The molecule has 3 amide bonds. The highest BCUT2D eigenvalue weighted by Crippen LogP contribution is 2.32. The van der Waals surface area contributed by atoms with E-state index in [2.05, 4.69) is 20.6 Å². The highest BCUT2D eigenvalue weighted by molar-refractivity contribution is 6.05. The molecule has 6 rings (SSSR count). The predicted molar refractivity (Wildman–Crippen MR) is 152 cm³/mol. The molecule has 1 aromatic carbocycles. The molecule has 9 nitrogen and oxygen atoms in total. The minimum atomic E-state index is -0.935. The zero-order valence-corrected chi connectivity index (χ0v) is 24.2. The number of nitrogens with zero attached hydrogens (tertiary/aromatic N) is 3. The Morgan fingerprint density at radius 1 is 0.911 bits per heavy atom. The van der Waals surface area contributed by atoms with Crippen LogP contribution in [0.25, 0.3) is 0 Å². The van der Waals surface area contributed by atoms with E-state index in [1.807, 2.05) is 18.2 Å². The van der Waals surface area contributed by atoms with E-state index in [0.29, 0.717) is 24.4 Å². The number of piperidine rings is 1. The lowest BCUT2D eigenvalue weighted by Crippen LogP contribution is -2.52. The van der Waals surface area contributed by atoms with E-state index in [1.165, 1.54) is 0 Å². The summed E-state index contributed by atoms with van der Waals surface area (Å²) in [6.45, 7) is 0.460. The van der Waals surface area contributed by atoms with Gasteiger partial charge in [0.2, 0.25) is 11.8 Å². The lowest BCUT2D eigenvalue weighted by molar-refractivity contribution is -0.136. The molecule has 2 aromatic heterocycles. The smallest absolute Gasteiger partial charge is 0.255 e. The second-order valence-electron chi connectivity index (χ2n) is 11.3. The SMILES string of the molecule is O=C1CCC(N2Cc3cc(C[C@H]4CCCC[C@@H]4NCc4c(F)cncc4F)ccc3C2=O)C(=O)N1.O=Cc1c(F)cncc1F. The Kier molecular flexibility index (Phi) is 9.96. The molecule has 4 heterocycles. The second-order valence-corrected chi connectivity index (χ2v) is 11.3. The van der Waals surface area contributed by atoms with Crippen molar-refractivity contribution in [3.05, 3.63) is 94.1 Å². The Balaban J connectivity index is 0.000000342. The number of carbonyl (C=O) groups is 4. The number of halogens is 4. The minimum absolute atomic E-state index is 0.00825. The number of pyridine rings is 2. The highest BCUT2D eigenvalue weighted by Gasteiger charge is 2.39. The summed E-state index contributed by atoms with van der Waals surface area (Å²) < 4.78 is 52.6. The van der Waals surface area contributed by atoms with Gasteiger partial charge in [-0.15, -0.1) is 0 Å². The zero-order chi connectivity index (χ0) is 32.1. The van der Waals surface area contributed by atoms with Crippen LogP contribution in [-0.4, -0.2) is 51.0 Å². The largest absolute Gasteiger partial charge is 0.322 e. The molecule has 2 N–H and O–H groups in total. The van der Waals surface area contributed by atoms with Crippen molar-refractivity contribution < 1.29 is 36.7 Å². The molecule has 3 aromatic rings. The number of hydrogen-bond acceptors (Lipinski definition) is 7. The van der Waals surface area contributed by atoms with Gasteiger partial charge in [0.15, 0.2) is 17.9 Å². The Morgan fingerprint density at radius 2 is 1.58 bits per heavy atom. The quantitative estimate of drug-likeness (QED) is 0.230. The van der Waals surface area contributed by atoms with Gasteiger partial charge in [-0.05, 0) is 48.8 Å². The van der Waals surface area contributed by atoms with Gasteiger partial charge < -0.3 is 10.2 Å². The molecule has 236 valence electrons. The molecule has 1 saturated heterocycles. The van der Waals surface area contributed by atoms with Gasteiger partial charge >= 0.3 is 0 Å². The van der Waals surface area contributed by atoms with Crippen LogP contribution in [0.5, 0.6) is 0 Å². The fourth-order valence-electron chi connectivity index (χ4n) is 6.15. The third-order valence-corrected chi connectivity index (χ3v) is 8.50. The maximum atomic E-state index is 14.0. The van der Waals surface area contributed by atoms with E-state index < -0.39 is 40.8 Å². The first-order valence-corrected chi connectivity index (χ1v) is 14.7. The molecule has 2 aliphatic heterocycles. The highest BCUT2D eigenvalue weighted by atomic mass is 19.1. The molecular weight excluding hydrogens is 594 g/mol. The van der Waals surface area contributed by atoms with Crippen LogP contribution in [0.2, 0.25) is 0 Å². The number of aromatic nitrogens is 2. The van der Waals surface area contributed by atoms with Crippen molar-refractivity contribution in [3.8, 4) is 0 Å². The van der Waals surface area contributed by atoms with E-state index in [4.69, 9.17) is 0 Å². The number of fused-ring (bicyclic) bond motifs is 1. The van der Waals surface area contributed by atoms with Crippen molar-refractivity contribution in [2.45, 2.75) is 70.1 Å². The first-order valence-electron chi connectivity index (χ1n) is 14.7. The van der Waals surface area contributed by atoms with Gasteiger partial charge in [0.1, 0.15) is 17.7 Å². The number of carbonyl (C=O) groups excluding carboxylic acids is 4. The van der Waals surface area contributed by atoms with Crippen LogP contribution in [0.1, 0.15) is 75.9 Å². The van der Waals surface area contributed by atoms with Crippen LogP contribution in [0.15, 0.2) is 43.0 Å². The Labute approximate surface area is 256 Å². The summed E-state index contributed by atoms with van der Waals surface area (Å²) in [5.41, 5.74) is 2.02. The van der Waals surface area contributed by atoms with Crippen LogP contribution >= 0.6 is 0 Å². The zero-order valence-electron chi connectivity index (χ0n) is 24.2. The molecular formula is C32H31F4N5O4. The van der Waals surface area contributed by atoms with Crippen LogP contribution in [-0.2, 0) is 29.1 Å². The number of imide groups is 1. The molecule has 0 spiro atoms. The van der Waals surface area contributed by atoms with Crippen LogP contribution in [0.4, 0.5) is 17.6 Å². The number of aldehydes is 1.